The fourth-order valence-electron chi connectivity index (χ4n) is 6.24. The Hall–Kier alpha value is -3.21. The number of pyridine rings is 1. The van der Waals surface area contributed by atoms with Crippen molar-refractivity contribution in [3.8, 4) is 0 Å². The van der Waals surface area contributed by atoms with E-state index >= 15 is 0 Å². The first-order valence-electron chi connectivity index (χ1n) is 13.3. The summed E-state index contributed by atoms with van der Waals surface area (Å²) >= 11 is 1.33. The fourth-order valence-corrected chi connectivity index (χ4v) is 7.70. The van der Waals surface area contributed by atoms with E-state index in [2.05, 4.69) is 30.7 Å². The molecule has 2 amide bonds. The number of aryl methyl sites for hydroxylation is 1. The van der Waals surface area contributed by atoms with Gasteiger partial charge in [-0.2, -0.15) is 0 Å². The number of aromatic nitrogens is 1. The van der Waals surface area contributed by atoms with Gasteiger partial charge in [-0.15, -0.1) is 11.8 Å². The van der Waals surface area contributed by atoms with Crippen molar-refractivity contribution in [2.75, 3.05) is 18.8 Å². The van der Waals surface area contributed by atoms with E-state index in [0.29, 0.717) is 42.2 Å². The first kappa shape index (κ1) is 27.4. The summed E-state index contributed by atoms with van der Waals surface area (Å²) in [6.45, 7) is 10.7. The number of nitrogens with zero attached hydrogens (tertiary/aromatic N) is 2. The van der Waals surface area contributed by atoms with Crippen LogP contribution in [0.3, 0.4) is 0 Å². The molecule has 7 N–H and O–H groups in total. The monoisotopic (exact) mass is 548 g/mol. The van der Waals surface area contributed by atoms with Crippen LogP contribution in [0, 0.1) is 12.8 Å². The van der Waals surface area contributed by atoms with Gasteiger partial charge in [0.25, 0.3) is 0 Å². The number of likely N-dealkylation sites (tertiary alicyclic amines) is 1. The number of nitrogens with one attached hydrogen (secondary N) is 1. The lowest BCUT2D eigenvalue weighted by Gasteiger charge is -2.41. The number of thioether (sulfide) groups is 1. The molecule has 10 heteroatoms. The molecule has 5 rings (SSSR count). The highest BCUT2D eigenvalue weighted by atomic mass is 32.2. The molecule has 0 saturated carbocycles. The maximum absolute atomic E-state index is 14.1. The zero-order valence-corrected chi connectivity index (χ0v) is 23.4. The Kier molecular flexibility index (Phi) is 7.07. The number of Topliss-reactive ketones (excluding diaryl/α,β-unsaturated/α-hetero) is 1. The van der Waals surface area contributed by atoms with Crippen molar-refractivity contribution in [1.82, 2.24) is 15.2 Å². The SMILES string of the molecule is C=CC(=O)N1CCC(NC(=O)C2Sc3c(N)ccc4c3C2C(N)C(=O)C4(N)c2cnc(CC(C)C)cc2C)C1. The van der Waals surface area contributed by atoms with Gasteiger partial charge in [0, 0.05) is 53.1 Å². The van der Waals surface area contributed by atoms with Gasteiger partial charge in [0.05, 0.1) is 11.3 Å². The molecule has 1 aromatic carbocycles. The summed E-state index contributed by atoms with van der Waals surface area (Å²) in [5, 5.41) is 2.42. The average molecular weight is 549 g/mol. The lowest BCUT2D eigenvalue weighted by atomic mass is 9.65. The zero-order valence-electron chi connectivity index (χ0n) is 22.6. The molecule has 1 aromatic heterocycles. The Morgan fingerprint density at radius 1 is 1.33 bits per heavy atom. The molecule has 1 fully saturated rings. The largest absolute Gasteiger partial charge is 0.398 e. The van der Waals surface area contributed by atoms with Crippen LogP contribution in [-0.2, 0) is 26.3 Å². The molecule has 0 radical (unpaired) electrons. The highest BCUT2D eigenvalue weighted by Gasteiger charge is 2.57. The molecule has 0 spiro atoms. The molecule has 3 heterocycles. The van der Waals surface area contributed by atoms with Crippen molar-refractivity contribution < 1.29 is 14.4 Å². The Bertz CT molecular complexity index is 1380. The number of anilines is 1. The lowest BCUT2D eigenvalue weighted by molar-refractivity contribution is -0.127. The first-order chi connectivity index (χ1) is 18.5. The molecule has 2 aliphatic heterocycles. The van der Waals surface area contributed by atoms with Gasteiger partial charge in [-0.25, -0.2) is 0 Å². The van der Waals surface area contributed by atoms with Crippen LogP contribution >= 0.6 is 11.8 Å². The number of amides is 2. The summed E-state index contributed by atoms with van der Waals surface area (Å²) in [7, 11) is 0. The van der Waals surface area contributed by atoms with Crippen molar-refractivity contribution in [2.45, 2.75) is 67.3 Å². The number of nitrogen functional groups attached to an aromatic ring is 1. The average Bonchev–Trinajstić information content (AvgIpc) is 3.52. The molecule has 1 saturated heterocycles. The van der Waals surface area contributed by atoms with E-state index in [1.54, 1.807) is 23.2 Å². The summed E-state index contributed by atoms with van der Waals surface area (Å²) in [6, 6.07) is 4.33. The minimum atomic E-state index is -1.51. The minimum absolute atomic E-state index is 0.159. The number of hydrogen-bond acceptors (Lipinski definition) is 8. The molecular weight excluding hydrogens is 512 g/mol. The number of nitrogens with two attached hydrogens (primary N) is 3. The Morgan fingerprint density at radius 2 is 2.08 bits per heavy atom. The van der Waals surface area contributed by atoms with E-state index in [9.17, 15) is 14.4 Å². The molecule has 1 aliphatic carbocycles. The van der Waals surface area contributed by atoms with Crippen LogP contribution in [0.2, 0.25) is 0 Å². The predicted molar refractivity (Wildman–Crippen MR) is 152 cm³/mol. The highest BCUT2D eigenvalue weighted by molar-refractivity contribution is 8.01. The number of carbonyl (C=O) groups excluding carboxylic acids is 3. The smallest absolute Gasteiger partial charge is 0.246 e. The highest BCUT2D eigenvalue weighted by Crippen LogP contribution is 2.56. The molecule has 39 heavy (non-hydrogen) atoms. The Labute approximate surface area is 233 Å². The van der Waals surface area contributed by atoms with Gasteiger partial charge in [0.2, 0.25) is 11.8 Å². The maximum Gasteiger partial charge on any atom is 0.246 e. The fraction of sp³-hybridized carbons (Fsp3) is 0.448. The topological polar surface area (TPSA) is 157 Å². The van der Waals surface area contributed by atoms with E-state index in [0.717, 1.165) is 28.1 Å². The van der Waals surface area contributed by atoms with Gasteiger partial charge in [-0.1, -0.05) is 26.5 Å². The third-order valence-corrected chi connectivity index (χ3v) is 9.58. The molecule has 2 aromatic rings. The van der Waals surface area contributed by atoms with Gasteiger partial charge >= 0.3 is 0 Å². The number of hydrogen-bond donors (Lipinski definition) is 4. The van der Waals surface area contributed by atoms with Crippen LogP contribution in [0.1, 0.15) is 54.1 Å². The van der Waals surface area contributed by atoms with Gasteiger partial charge < -0.3 is 27.4 Å². The van der Waals surface area contributed by atoms with Gasteiger partial charge in [-0.3, -0.25) is 19.4 Å². The summed E-state index contributed by atoms with van der Waals surface area (Å²) in [5.41, 5.74) is 22.9. The summed E-state index contributed by atoms with van der Waals surface area (Å²) in [6.07, 6.45) is 4.44. The summed E-state index contributed by atoms with van der Waals surface area (Å²) < 4.78 is 0. The first-order valence-corrected chi connectivity index (χ1v) is 14.2. The normalized spacial score (nSPS) is 27.5. The van der Waals surface area contributed by atoms with Gasteiger partial charge in [0.15, 0.2) is 5.78 Å². The van der Waals surface area contributed by atoms with Gasteiger partial charge in [-0.05, 0) is 60.6 Å². The Balaban J connectivity index is 1.50. The number of carbonyl (C=O) groups is 3. The van der Waals surface area contributed by atoms with Crippen molar-refractivity contribution in [2.24, 2.45) is 17.4 Å². The van der Waals surface area contributed by atoms with Crippen molar-refractivity contribution in [3.63, 3.8) is 0 Å². The Morgan fingerprint density at radius 3 is 2.74 bits per heavy atom. The molecule has 9 nitrogen and oxygen atoms in total. The van der Waals surface area contributed by atoms with Gasteiger partial charge in [0.1, 0.15) is 5.54 Å². The summed E-state index contributed by atoms with van der Waals surface area (Å²) in [5.74, 6) is -0.869. The molecule has 5 unspecified atom stereocenters. The standard InChI is InChI=1S/C29H36N6O3S/c1-5-21(36)35-9-8-16(13-35)34-28(38)26-23-22-18(6-7-20(30)25(22)39-26)29(32,27(37)24(23)31)19-12-33-17(10-14(2)3)11-15(19)4/h5-7,11-12,14,16,23-24,26H,1,8-10,13,30-32H2,2-4H3,(H,34,38). The predicted octanol–water partition coefficient (Wildman–Crippen LogP) is 1.74. The number of ketones is 1. The van der Waals surface area contributed by atoms with E-state index in [4.69, 9.17) is 17.2 Å². The number of rotatable bonds is 6. The van der Waals surface area contributed by atoms with Crippen molar-refractivity contribution in [1.29, 1.82) is 0 Å². The quantitative estimate of drug-likeness (QED) is 0.314. The zero-order chi connectivity index (χ0) is 28.2. The molecule has 3 aliphatic rings. The second-order valence-electron chi connectivity index (χ2n) is 11.3. The van der Waals surface area contributed by atoms with Crippen LogP contribution in [-0.4, -0.2) is 57.9 Å². The maximum atomic E-state index is 14.1. The molecular formula is C29H36N6O3S. The third-order valence-electron chi connectivity index (χ3n) is 8.12. The van der Waals surface area contributed by atoms with Crippen LogP contribution in [0.15, 0.2) is 41.9 Å². The van der Waals surface area contributed by atoms with E-state index < -0.39 is 22.7 Å². The van der Waals surface area contributed by atoms with Crippen LogP contribution in [0.4, 0.5) is 5.69 Å². The van der Waals surface area contributed by atoms with E-state index in [1.165, 1.54) is 17.8 Å². The lowest BCUT2D eigenvalue weighted by Crippen LogP contribution is -2.61. The molecule has 5 atom stereocenters. The van der Waals surface area contributed by atoms with Crippen LogP contribution in [0.5, 0.6) is 0 Å². The van der Waals surface area contributed by atoms with E-state index in [-0.39, 0.29) is 23.6 Å². The third kappa shape index (κ3) is 4.44. The minimum Gasteiger partial charge on any atom is -0.398 e. The summed E-state index contributed by atoms with van der Waals surface area (Å²) in [4.78, 5) is 46.7. The number of benzene rings is 1. The van der Waals surface area contributed by atoms with Crippen LogP contribution < -0.4 is 22.5 Å². The second-order valence-corrected chi connectivity index (χ2v) is 12.4. The van der Waals surface area contributed by atoms with Crippen molar-refractivity contribution >= 4 is 35.0 Å². The van der Waals surface area contributed by atoms with E-state index in [1.807, 2.05) is 13.0 Å². The van der Waals surface area contributed by atoms with Crippen molar-refractivity contribution in [3.05, 3.63) is 65.0 Å². The van der Waals surface area contributed by atoms with Crippen LogP contribution in [0.25, 0.3) is 0 Å². The molecule has 0 bridgehead atoms. The molecule has 206 valence electrons. The second kappa shape index (κ2) is 10.1.